The molecule has 0 atom stereocenters. The zero-order valence-corrected chi connectivity index (χ0v) is 31.6. The number of aromatic nitrogens is 1. The van der Waals surface area contributed by atoms with E-state index in [-0.39, 0.29) is 5.75 Å². The zero-order valence-electron chi connectivity index (χ0n) is 27.6. The number of anilines is 1. The van der Waals surface area contributed by atoms with Gasteiger partial charge >= 0.3 is 5.89 Å². The minimum absolute atomic E-state index is 0.0776. The molecule has 0 saturated carbocycles. The van der Waals surface area contributed by atoms with Crippen LogP contribution in [0.15, 0.2) is 116 Å². The number of unbranched alkanes of at least 4 members (excludes halogenated alkanes) is 1. The maximum Gasteiger partial charge on any atom is 0.374 e. The summed E-state index contributed by atoms with van der Waals surface area (Å²) in [5.41, 5.74) is 10.6. The standard InChI is InChI=1S/C38H38Br2N3O5S/c1-4-26(22-37-42(3)33-24-29(12-18-35(33)46-37)27-8-14-31(39)15-9-27)23-38-43(20-6-7-21-49(44,45)48-41-5-2)34-25-30(13-19-36(34)47-38)28-10-16-32(40)17-11-28/h8-19,22-25,41H,4-7,20-21H2,1-3H3/q+1. The van der Waals surface area contributed by atoms with Crippen molar-refractivity contribution in [2.45, 2.75) is 33.1 Å². The molecule has 49 heavy (non-hydrogen) atoms. The minimum Gasteiger partial charge on any atom is -0.439 e. The molecule has 0 fully saturated rings. The largest absolute Gasteiger partial charge is 0.439 e. The Labute approximate surface area is 304 Å². The first-order valence-corrected chi connectivity index (χ1v) is 19.4. The number of nitrogens with zero attached hydrogens (tertiary/aromatic N) is 2. The number of benzene rings is 4. The van der Waals surface area contributed by atoms with Crippen LogP contribution in [0.5, 0.6) is 5.75 Å². The molecule has 1 aliphatic rings. The van der Waals surface area contributed by atoms with Crippen LogP contribution in [-0.2, 0) is 21.4 Å². The summed E-state index contributed by atoms with van der Waals surface area (Å²) in [5, 5.41) is 0. The van der Waals surface area contributed by atoms with Gasteiger partial charge in [0.05, 0.1) is 17.5 Å². The monoisotopic (exact) mass is 806 g/mol. The van der Waals surface area contributed by atoms with Crippen molar-refractivity contribution in [1.29, 1.82) is 0 Å². The van der Waals surface area contributed by atoms with E-state index in [1.54, 1.807) is 6.92 Å². The number of fused-ring (bicyclic) bond motifs is 2. The van der Waals surface area contributed by atoms with Crippen LogP contribution in [0, 0.1) is 0 Å². The normalized spacial score (nSPS) is 14.1. The Morgan fingerprint density at radius 3 is 2.16 bits per heavy atom. The molecule has 1 aliphatic heterocycles. The van der Waals surface area contributed by atoms with Crippen LogP contribution in [0.3, 0.4) is 0 Å². The molecule has 0 radical (unpaired) electrons. The number of allylic oxidation sites excluding steroid dienone is 2. The van der Waals surface area contributed by atoms with Gasteiger partial charge in [-0.1, -0.05) is 82.1 Å². The van der Waals surface area contributed by atoms with E-state index >= 15 is 0 Å². The molecule has 254 valence electrons. The van der Waals surface area contributed by atoms with Gasteiger partial charge in [0.15, 0.2) is 5.75 Å². The highest BCUT2D eigenvalue weighted by Gasteiger charge is 2.28. The number of nitrogens with one attached hydrogen (secondary N) is 1. The van der Waals surface area contributed by atoms with Crippen molar-refractivity contribution in [2.75, 3.05) is 23.7 Å². The molecule has 5 aromatic rings. The third kappa shape index (κ3) is 8.36. The van der Waals surface area contributed by atoms with Crippen LogP contribution >= 0.6 is 31.9 Å². The molecule has 0 aliphatic carbocycles. The van der Waals surface area contributed by atoms with Crippen molar-refractivity contribution in [3.63, 3.8) is 0 Å². The Hall–Kier alpha value is -3.74. The van der Waals surface area contributed by atoms with Crippen LogP contribution in [0.4, 0.5) is 5.69 Å². The van der Waals surface area contributed by atoms with Crippen LogP contribution in [0.2, 0.25) is 0 Å². The predicted molar refractivity (Wildman–Crippen MR) is 202 cm³/mol. The van der Waals surface area contributed by atoms with E-state index in [0.29, 0.717) is 31.8 Å². The minimum atomic E-state index is -3.66. The first-order valence-electron chi connectivity index (χ1n) is 16.2. The average molecular weight is 809 g/mol. The predicted octanol–water partition coefficient (Wildman–Crippen LogP) is 9.30. The topological polar surface area (TPSA) is 84.9 Å². The fraction of sp³-hybridized carbons (Fsp3) is 0.237. The van der Waals surface area contributed by atoms with Crippen LogP contribution in [-0.4, -0.2) is 27.3 Å². The van der Waals surface area contributed by atoms with Crippen LogP contribution in [0.25, 0.3) is 39.4 Å². The highest BCUT2D eigenvalue weighted by atomic mass is 79.9. The molecule has 1 aromatic heterocycles. The van der Waals surface area contributed by atoms with Crippen LogP contribution < -0.4 is 19.7 Å². The smallest absolute Gasteiger partial charge is 0.374 e. The molecule has 2 heterocycles. The molecular formula is C38H38Br2N3O5S+. The Morgan fingerprint density at radius 2 is 1.51 bits per heavy atom. The summed E-state index contributed by atoms with van der Waals surface area (Å²) in [5.74, 6) is 2.08. The molecule has 0 unspecified atom stereocenters. The van der Waals surface area contributed by atoms with Gasteiger partial charge in [0.1, 0.15) is 7.05 Å². The second-order valence-corrected chi connectivity index (χ2v) is 15.3. The summed E-state index contributed by atoms with van der Waals surface area (Å²) in [4.78, 5) is 2.13. The van der Waals surface area contributed by atoms with E-state index in [2.05, 4.69) is 108 Å². The lowest BCUT2D eigenvalue weighted by Gasteiger charge is -2.19. The highest BCUT2D eigenvalue weighted by Crippen LogP contribution is 2.42. The quantitative estimate of drug-likeness (QED) is 0.0722. The van der Waals surface area contributed by atoms with Gasteiger partial charge < -0.3 is 14.1 Å². The van der Waals surface area contributed by atoms with Crippen molar-refractivity contribution in [3.8, 4) is 28.0 Å². The molecule has 0 bridgehead atoms. The number of hydrogen-bond donors (Lipinski definition) is 1. The lowest BCUT2D eigenvalue weighted by Crippen LogP contribution is -2.29. The summed E-state index contributed by atoms with van der Waals surface area (Å²) in [6.45, 7) is 4.85. The molecule has 1 N–H and O–H groups in total. The zero-order chi connectivity index (χ0) is 34.5. The molecule has 11 heteroatoms. The lowest BCUT2D eigenvalue weighted by molar-refractivity contribution is -0.652. The molecule has 4 aromatic carbocycles. The average Bonchev–Trinajstić information content (AvgIpc) is 3.60. The first-order chi connectivity index (χ1) is 23.6. The number of ether oxygens (including phenoxy) is 1. The maximum atomic E-state index is 12.3. The van der Waals surface area contributed by atoms with E-state index < -0.39 is 10.1 Å². The Bertz CT molecular complexity index is 2130. The van der Waals surface area contributed by atoms with E-state index in [4.69, 9.17) is 13.4 Å². The number of aryl methyl sites for hydroxylation is 1. The van der Waals surface area contributed by atoms with Crippen molar-refractivity contribution in [3.05, 3.63) is 117 Å². The Kier molecular flexibility index (Phi) is 11.1. The molecule has 8 nitrogen and oxygen atoms in total. The van der Waals surface area contributed by atoms with E-state index in [0.717, 1.165) is 71.6 Å². The van der Waals surface area contributed by atoms with E-state index in [1.165, 1.54) is 0 Å². The van der Waals surface area contributed by atoms with Crippen molar-refractivity contribution >= 4 is 64.8 Å². The van der Waals surface area contributed by atoms with Gasteiger partial charge in [0, 0.05) is 34.2 Å². The lowest BCUT2D eigenvalue weighted by atomic mass is 10.0. The second kappa shape index (κ2) is 15.4. The van der Waals surface area contributed by atoms with Crippen molar-refractivity contribution in [2.24, 2.45) is 7.05 Å². The molecule has 0 spiro atoms. The van der Waals surface area contributed by atoms with Gasteiger partial charge in [-0.15, -0.1) is 0 Å². The number of hydroxylamine groups is 1. The summed E-state index contributed by atoms with van der Waals surface area (Å²) < 4.78 is 46.3. The third-order valence-corrected chi connectivity index (χ3v) is 10.6. The number of halogens is 2. The van der Waals surface area contributed by atoms with Crippen molar-refractivity contribution < 1.29 is 26.4 Å². The Morgan fingerprint density at radius 1 is 0.878 bits per heavy atom. The summed E-state index contributed by atoms with van der Waals surface area (Å²) >= 11 is 7.04. The SMILES string of the molecule is CCNOS(=O)(=O)CCCCN1/C(=C/C(=C/c2oc3ccc(-c4ccc(Br)cc4)cc3[n+]2C)CC)Oc2ccc(-c3ccc(Br)cc3)cc21. The third-order valence-electron chi connectivity index (χ3n) is 8.33. The van der Waals surface area contributed by atoms with E-state index in [9.17, 15) is 8.42 Å². The molecule has 0 amide bonds. The molecule has 0 saturated heterocycles. The summed E-state index contributed by atoms with van der Waals surface area (Å²) in [7, 11) is -1.65. The second-order valence-electron chi connectivity index (χ2n) is 11.7. The summed E-state index contributed by atoms with van der Waals surface area (Å²) in [6.07, 6.45) is 5.89. The fourth-order valence-electron chi connectivity index (χ4n) is 5.68. The number of rotatable bonds is 13. The van der Waals surface area contributed by atoms with Gasteiger partial charge in [-0.05, 0) is 89.6 Å². The van der Waals surface area contributed by atoms with Gasteiger partial charge in [-0.3, -0.25) is 0 Å². The van der Waals surface area contributed by atoms with Crippen molar-refractivity contribution in [1.82, 2.24) is 5.48 Å². The maximum absolute atomic E-state index is 12.3. The number of hydrogen-bond acceptors (Lipinski definition) is 7. The van der Waals surface area contributed by atoms with Crippen LogP contribution in [0.1, 0.15) is 39.0 Å². The first kappa shape index (κ1) is 35.1. The molecule has 6 rings (SSSR count). The Balaban J connectivity index is 1.30. The van der Waals surface area contributed by atoms with Gasteiger partial charge in [-0.25, -0.2) is 0 Å². The number of oxazole rings is 1. The fourth-order valence-corrected chi connectivity index (χ4v) is 7.14. The van der Waals surface area contributed by atoms with Gasteiger partial charge in [0.2, 0.25) is 11.5 Å². The summed E-state index contributed by atoms with van der Waals surface area (Å²) in [6, 6.07) is 28.9. The van der Waals surface area contributed by atoms with Gasteiger partial charge in [-0.2, -0.15) is 22.7 Å². The van der Waals surface area contributed by atoms with Gasteiger partial charge in [0.25, 0.3) is 15.6 Å². The highest BCUT2D eigenvalue weighted by molar-refractivity contribution is 9.10. The van der Waals surface area contributed by atoms with E-state index in [1.807, 2.05) is 49.5 Å². The molecular weight excluding hydrogens is 770 g/mol.